The van der Waals surface area contributed by atoms with E-state index < -0.39 is 6.09 Å². The van der Waals surface area contributed by atoms with E-state index in [0.29, 0.717) is 25.1 Å². The molecule has 1 aliphatic rings. The van der Waals surface area contributed by atoms with Crippen molar-refractivity contribution < 1.29 is 14.7 Å². The van der Waals surface area contributed by atoms with Gasteiger partial charge in [-0.05, 0) is 31.4 Å². The van der Waals surface area contributed by atoms with Gasteiger partial charge in [0.05, 0.1) is 12.2 Å². The van der Waals surface area contributed by atoms with E-state index in [2.05, 4.69) is 4.98 Å². The zero-order valence-electron chi connectivity index (χ0n) is 14.6. The topological polar surface area (TPSA) is 70.5 Å². The molecule has 0 bridgehead atoms. The van der Waals surface area contributed by atoms with Gasteiger partial charge < -0.3 is 10.0 Å². The van der Waals surface area contributed by atoms with Crippen LogP contribution in [-0.2, 0) is 13.0 Å². The van der Waals surface area contributed by atoms with Crippen LogP contribution in [0.15, 0.2) is 30.3 Å². The van der Waals surface area contributed by atoms with Gasteiger partial charge in [0, 0.05) is 27.9 Å². The van der Waals surface area contributed by atoms with Crippen LogP contribution in [0.2, 0.25) is 0 Å². The average molecular weight is 366 g/mol. The van der Waals surface area contributed by atoms with Crippen molar-refractivity contribution in [3.63, 3.8) is 0 Å². The van der Waals surface area contributed by atoms with Crippen LogP contribution < -0.4 is 0 Å². The number of fused-ring (bicyclic) bond motifs is 3. The molecule has 0 unspecified atom stereocenters. The summed E-state index contributed by atoms with van der Waals surface area (Å²) in [4.78, 5) is 31.8. The number of carbonyl (C=O) groups excluding carboxylic acids is 1. The van der Waals surface area contributed by atoms with Crippen molar-refractivity contribution in [1.82, 2.24) is 9.88 Å². The molecule has 6 heteroatoms. The van der Waals surface area contributed by atoms with Crippen LogP contribution >= 0.6 is 11.3 Å². The number of thiophene rings is 1. The SMILES string of the molecule is CC(=O)c1c(C)nc2sc3c(c2c1-c1ccccc1)CCN(C(=O)O)C3. The Kier molecular flexibility index (Phi) is 4.00. The summed E-state index contributed by atoms with van der Waals surface area (Å²) < 4.78 is 0. The highest BCUT2D eigenvalue weighted by molar-refractivity contribution is 7.19. The predicted molar refractivity (Wildman–Crippen MR) is 102 cm³/mol. The summed E-state index contributed by atoms with van der Waals surface area (Å²) in [6, 6.07) is 9.90. The Morgan fingerprint density at radius 3 is 2.62 bits per heavy atom. The molecule has 4 rings (SSSR count). The molecule has 0 saturated carbocycles. The highest BCUT2D eigenvalue weighted by Crippen LogP contribution is 2.42. The van der Waals surface area contributed by atoms with Crippen LogP contribution in [0, 0.1) is 6.92 Å². The molecule has 3 heterocycles. The van der Waals surface area contributed by atoms with Crippen molar-refractivity contribution in [3.05, 3.63) is 52.0 Å². The fraction of sp³-hybridized carbons (Fsp3) is 0.250. The minimum absolute atomic E-state index is 0.00123. The second-order valence-electron chi connectivity index (χ2n) is 6.51. The third-order valence-electron chi connectivity index (χ3n) is 4.85. The van der Waals surface area contributed by atoms with Gasteiger partial charge >= 0.3 is 6.09 Å². The lowest BCUT2D eigenvalue weighted by molar-refractivity contribution is 0.101. The van der Waals surface area contributed by atoms with E-state index in [4.69, 9.17) is 0 Å². The Morgan fingerprint density at radius 2 is 1.96 bits per heavy atom. The zero-order valence-corrected chi connectivity index (χ0v) is 15.4. The normalized spacial score (nSPS) is 13.7. The first kappa shape index (κ1) is 16.7. The van der Waals surface area contributed by atoms with Crippen LogP contribution in [0.25, 0.3) is 21.3 Å². The van der Waals surface area contributed by atoms with Crippen molar-refractivity contribution in [1.29, 1.82) is 0 Å². The minimum Gasteiger partial charge on any atom is -0.465 e. The van der Waals surface area contributed by atoms with Gasteiger partial charge in [0.15, 0.2) is 5.78 Å². The van der Waals surface area contributed by atoms with E-state index in [0.717, 1.165) is 37.5 Å². The Hall–Kier alpha value is -2.73. The summed E-state index contributed by atoms with van der Waals surface area (Å²) in [6.07, 6.45) is -0.256. The number of hydrogen-bond acceptors (Lipinski definition) is 4. The lowest BCUT2D eigenvalue weighted by Gasteiger charge is -2.24. The minimum atomic E-state index is -0.898. The molecule has 132 valence electrons. The van der Waals surface area contributed by atoms with Crippen LogP contribution in [-0.4, -0.2) is 33.4 Å². The fourth-order valence-corrected chi connectivity index (χ4v) is 5.02. The lowest BCUT2D eigenvalue weighted by atomic mass is 9.91. The highest BCUT2D eigenvalue weighted by atomic mass is 32.1. The van der Waals surface area contributed by atoms with Crippen LogP contribution in [0.3, 0.4) is 0 Å². The van der Waals surface area contributed by atoms with Crippen molar-refractivity contribution in [3.8, 4) is 11.1 Å². The lowest BCUT2D eigenvalue weighted by Crippen LogP contribution is -2.34. The molecule has 1 N–H and O–H groups in total. The van der Waals surface area contributed by atoms with Crippen molar-refractivity contribution in [2.24, 2.45) is 0 Å². The summed E-state index contributed by atoms with van der Waals surface area (Å²) in [7, 11) is 0. The number of nitrogens with zero attached hydrogens (tertiary/aromatic N) is 2. The number of Topliss-reactive ketones (excluding diaryl/α,β-unsaturated/α-hetero) is 1. The number of benzene rings is 1. The Labute approximate surface area is 154 Å². The van der Waals surface area contributed by atoms with Gasteiger partial charge in [0.1, 0.15) is 4.83 Å². The number of aromatic nitrogens is 1. The molecule has 0 fully saturated rings. The van der Waals surface area contributed by atoms with Crippen LogP contribution in [0.5, 0.6) is 0 Å². The molecule has 1 amide bonds. The second kappa shape index (κ2) is 6.21. The first-order chi connectivity index (χ1) is 12.5. The number of aryl methyl sites for hydroxylation is 1. The maximum atomic E-state index is 12.4. The van der Waals surface area contributed by atoms with Crippen LogP contribution in [0.4, 0.5) is 4.79 Å². The molecular weight excluding hydrogens is 348 g/mol. The van der Waals surface area contributed by atoms with E-state index in [1.165, 1.54) is 16.2 Å². The second-order valence-corrected chi connectivity index (χ2v) is 7.59. The smallest absolute Gasteiger partial charge is 0.407 e. The molecule has 2 aromatic heterocycles. The number of rotatable bonds is 2. The van der Waals surface area contributed by atoms with E-state index >= 15 is 0 Å². The monoisotopic (exact) mass is 366 g/mol. The number of pyridine rings is 1. The van der Waals surface area contributed by atoms with Crippen molar-refractivity contribution in [2.45, 2.75) is 26.8 Å². The van der Waals surface area contributed by atoms with Gasteiger partial charge in [-0.2, -0.15) is 0 Å². The molecule has 0 radical (unpaired) electrons. The summed E-state index contributed by atoms with van der Waals surface area (Å²) in [5.74, 6) is -0.00123. The Morgan fingerprint density at radius 1 is 1.23 bits per heavy atom. The summed E-state index contributed by atoms with van der Waals surface area (Å²) in [5.41, 5.74) is 4.44. The quantitative estimate of drug-likeness (QED) is 0.678. The molecule has 0 aliphatic carbocycles. The van der Waals surface area contributed by atoms with E-state index in [1.807, 2.05) is 37.3 Å². The molecule has 26 heavy (non-hydrogen) atoms. The van der Waals surface area contributed by atoms with Gasteiger partial charge in [-0.1, -0.05) is 30.3 Å². The summed E-state index contributed by atoms with van der Waals surface area (Å²) >= 11 is 1.54. The standard InChI is InChI=1S/C20H18N2O3S/c1-11-16(12(2)23)17(13-6-4-3-5-7-13)18-14-8-9-22(20(24)25)10-15(14)26-19(18)21-11/h3-7H,8-10H2,1-2H3,(H,24,25). The first-order valence-corrected chi connectivity index (χ1v) is 9.28. The maximum Gasteiger partial charge on any atom is 0.407 e. The molecular formula is C20H18N2O3S. The average Bonchev–Trinajstić information content (AvgIpc) is 2.97. The highest BCUT2D eigenvalue weighted by Gasteiger charge is 2.28. The third kappa shape index (κ3) is 2.57. The number of amides is 1. The third-order valence-corrected chi connectivity index (χ3v) is 5.97. The number of carboxylic acid groups (broad SMARTS) is 1. The van der Waals surface area contributed by atoms with Crippen LogP contribution in [0.1, 0.15) is 33.4 Å². The molecule has 0 spiro atoms. The molecule has 3 aromatic rings. The molecule has 5 nitrogen and oxygen atoms in total. The van der Waals surface area contributed by atoms with Gasteiger partial charge in [-0.15, -0.1) is 11.3 Å². The molecule has 1 aromatic carbocycles. The largest absolute Gasteiger partial charge is 0.465 e. The first-order valence-electron chi connectivity index (χ1n) is 8.46. The number of carbonyl (C=O) groups is 2. The molecule has 1 aliphatic heterocycles. The van der Waals surface area contributed by atoms with Gasteiger partial charge in [-0.25, -0.2) is 9.78 Å². The number of ketones is 1. The van der Waals surface area contributed by atoms with E-state index in [-0.39, 0.29) is 5.78 Å². The Bertz CT molecular complexity index is 1040. The molecule has 0 atom stereocenters. The predicted octanol–water partition coefficient (Wildman–Crippen LogP) is 4.51. The number of hydrogen-bond donors (Lipinski definition) is 1. The zero-order chi connectivity index (χ0) is 18.4. The van der Waals surface area contributed by atoms with Crippen molar-refractivity contribution >= 4 is 33.4 Å². The van der Waals surface area contributed by atoms with Gasteiger partial charge in [-0.3, -0.25) is 4.79 Å². The van der Waals surface area contributed by atoms with E-state index in [1.54, 1.807) is 6.92 Å². The van der Waals surface area contributed by atoms with E-state index in [9.17, 15) is 14.7 Å². The van der Waals surface area contributed by atoms with Gasteiger partial charge in [0.2, 0.25) is 0 Å². The molecule has 0 saturated heterocycles. The van der Waals surface area contributed by atoms with Gasteiger partial charge in [0.25, 0.3) is 0 Å². The summed E-state index contributed by atoms with van der Waals surface area (Å²) in [6.45, 7) is 4.29. The maximum absolute atomic E-state index is 12.4. The summed E-state index contributed by atoms with van der Waals surface area (Å²) in [5, 5.41) is 10.3. The van der Waals surface area contributed by atoms with Crippen molar-refractivity contribution in [2.75, 3.05) is 6.54 Å². The Balaban J connectivity index is 2.05. The fourth-order valence-electron chi connectivity index (χ4n) is 3.73.